The highest BCUT2D eigenvalue weighted by Gasteiger charge is 2.19. The van der Waals surface area contributed by atoms with Crippen molar-refractivity contribution in [3.8, 4) is 5.75 Å². The van der Waals surface area contributed by atoms with Crippen LogP contribution in [0.5, 0.6) is 5.75 Å². The first kappa shape index (κ1) is 13.8. The van der Waals surface area contributed by atoms with Gasteiger partial charge < -0.3 is 14.7 Å². The van der Waals surface area contributed by atoms with E-state index in [2.05, 4.69) is 0 Å². The monoisotopic (exact) mass is 267 g/mol. The van der Waals surface area contributed by atoms with Gasteiger partial charge in [0.2, 0.25) is 0 Å². The first-order valence-corrected chi connectivity index (χ1v) is 6.46. The standard InChI is InChI=1S/C14H18FNO3/c1-10(17)12-8-11(15)4-5-13(12)19-9-14(18)16-6-2-3-7-16/h4-5,8,10,17H,2-3,6-7,9H2,1H3. The van der Waals surface area contributed by atoms with E-state index in [4.69, 9.17) is 4.74 Å². The zero-order valence-electron chi connectivity index (χ0n) is 10.9. The number of hydrogen-bond donors (Lipinski definition) is 1. The summed E-state index contributed by atoms with van der Waals surface area (Å²) >= 11 is 0. The number of halogens is 1. The summed E-state index contributed by atoms with van der Waals surface area (Å²) in [6, 6.07) is 3.91. The highest BCUT2D eigenvalue weighted by atomic mass is 19.1. The normalized spacial score (nSPS) is 16.5. The molecule has 5 heteroatoms. The van der Waals surface area contributed by atoms with Gasteiger partial charge >= 0.3 is 0 Å². The molecule has 1 atom stereocenters. The Hall–Kier alpha value is -1.62. The molecule has 1 aromatic rings. The minimum absolute atomic E-state index is 0.0710. The van der Waals surface area contributed by atoms with Gasteiger partial charge in [-0.2, -0.15) is 0 Å². The largest absolute Gasteiger partial charge is 0.483 e. The molecular weight excluding hydrogens is 249 g/mol. The molecule has 1 N–H and O–H groups in total. The number of aliphatic hydroxyl groups is 1. The van der Waals surface area contributed by atoms with Crippen LogP contribution in [-0.2, 0) is 4.79 Å². The fourth-order valence-corrected chi connectivity index (χ4v) is 2.17. The molecule has 1 amide bonds. The average Bonchev–Trinajstić information content (AvgIpc) is 2.90. The van der Waals surface area contributed by atoms with Gasteiger partial charge in [0, 0.05) is 18.7 Å². The summed E-state index contributed by atoms with van der Waals surface area (Å²) in [5, 5.41) is 9.56. The molecule has 0 spiro atoms. The predicted molar refractivity (Wildman–Crippen MR) is 68.3 cm³/mol. The number of likely N-dealkylation sites (tertiary alicyclic amines) is 1. The molecule has 1 aliphatic rings. The van der Waals surface area contributed by atoms with Crippen molar-refractivity contribution in [1.29, 1.82) is 0 Å². The minimum Gasteiger partial charge on any atom is -0.483 e. The second-order valence-corrected chi connectivity index (χ2v) is 4.73. The van der Waals surface area contributed by atoms with E-state index in [1.807, 2.05) is 0 Å². The Kier molecular flexibility index (Phi) is 4.37. The molecule has 1 aromatic carbocycles. The quantitative estimate of drug-likeness (QED) is 0.906. The second kappa shape index (κ2) is 6.02. The minimum atomic E-state index is -0.840. The van der Waals surface area contributed by atoms with E-state index in [1.54, 1.807) is 4.90 Å². The van der Waals surface area contributed by atoms with Crippen LogP contribution in [0.2, 0.25) is 0 Å². The van der Waals surface area contributed by atoms with Gasteiger partial charge in [-0.1, -0.05) is 0 Å². The van der Waals surface area contributed by atoms with Crippen molar-refractivity contribution in [3.05, 3.63) is 29.6 Å². The number of hydrogen-bond acceptors (Lipinski definition) is 3. The van der Waals surface area contributed by atoms with Crippen LogP contribution in [-0.4, -0.2) is 35.6 Å². The van der Waals surface area contributed by atoms with Gasteiger partial charge in [-0.3, -0.25) is 4.79 Å². The van der Waals surface area contributed by atoms with E-state index in [-0.39, 0.29) is 12.5 Å². The maximum atomic E-state index is 13.1. The summed E-state index contributed by atoms with van der Waals surface area (Å²) in [5.41, 5.74) is 0.356. The molecule has 0 saturated carbocycles. The smallest absolute Gasteiger partial charge is 0.260 e. The molecule has 104 valence electrons. The number of nitrogens with zero attached hydrogens (tertiary/aromatic N) is 1. The third-order valence-corrected chi connectivity index (χ3v) is 3.23. The number of rotatable bonds is 4. The van der Waals surface area contributed by atoms with Crippen LogP contribution in [0, 0.1) is 5.82 Å². The van der Waals surface area contributed by atoms with E-state index in [1.165, 1.54) is 25.1 Å². The molecule has 19 heavy (non-hydrogen) atoms. The van der Waals surface area contributed by atoms with Gasteiger partial charge in [-0.15, -0.1) is 0 Å². The van der Waals surface area contributed by atoms with E-state index in [9.17, 15) is 14.3 Å². The lowest BCUT2D eigenvalue weighted by Crippen LogP contribution is -2.32. The Morgan fingerprint density at radius 1 is 1.47 bits per heavy atom. The summed E-state index contributed by atoms with van der Waals surface area (Å²) in [7, 11) is 0. The Morgan fingerprint density at radius 2 is 2.16 bits per heavy atom. The molecular formula is C14H18FNO3. The number of carbonyl (C=O) groups is 1. The van der Waals surface area contributed by atoms with Crippen molar-refractivity contribution in [2.75, 3.05) is 19.7 Å². The SMILES string of the molecule is CC(O)c1cc(F)ccc1OCC(=O)N1CCCC1. The van der Waals surface area contributed by atoms with Crippen molar-refractivity contribution in [2.24, 2.45) is 0 Å². The number of benzene rings is 1. The van der Waals surface area contributed by atoms with Crippen LogP contribution < -0.4 is 4.74 Å². The molecule has 1 fully saturated rings. The van der Waals surface area contributed by atoms with Gasteiger partial charge in [0.15, 0.2) is 6.61 Å². The fraction of sp³-hybridized carbons (Fsp3) is 0.500. The second-order valence-electron chi connectivity index (χ2n) is 4.73. The molecule has 0 aromatic heterocycles. The number of carbonyl (C=O) groups excluding carboxylic acids is 1. The zero-order valence-corrected chi connectivity index (χ0v) is 10.9. The van der Waals surface area contributed by atoms with Crippen LogP contribution in [0.15, 0.2) is 18.2 Å². The molecule has 1 aliphatic heterocycles. The Bertz CT molecular complexity index is 456. The lowest BCUT2D eigenvalue weighted by atomic mass is 10.1. The van der Waals surface area contributed by atoms with E-state index >= 15 is 0 Å². The maximum Gasteiger partial charge on any atom is 0.260 e. The number of aliphatic hydroxyl groups excluding tert-OH is 1. The summed E-state index contributed by atoms with van der Waals surface area (Å²) < 4.78 is 18.5. The molecule has 4 nitrogen and oxygen atoms in total. The van der Waals surface area contributed by atoms with Crippen molar-refractivity contribution >= 4 is 5.91 Å². The van der Waals surface area contributed by atoms with Crippen LogP contribution >= 0.6 is 0 Å². The van der Waals surface area contributed by atoms with E-state index in [0.29, 0.717) is 11.3 Å². The van der Waals surface area contributed by atoms with Gasteiger partial charge in [0.1, 0.15) is 11.6 Å². The predicted octanol–water partition coefficient (Wildman–Crippen LogP) is 1.88. The van der Waals surface area contributed by atoms with Gasteiger partial charge in [-0.05, 0) is 38.0 Å². The summed E-state index contributed by atoms with van der Waals surface area (Å²) in [5.74, 6) is -0.156. The van der Waals surface area contributed by atoms with Crippen LogP contribution in [0.3, 0.4) is 0 Å². The Labute approximate surface area is 111 Å². The topological polar surface area (TPSA) is 49.8 Å². The molecule has 1 saturated heterocycles. The fourth-order valence-electron chi connectivity index (χ4n) is 2.17. The lowest BCUT2D eigenvalue weighted by molar-refractivity contribution is -0.132. The molecule has 0 radical (unpaired) electrons. The third-order valence-electron chi connectivity index (χ3n) is 3.23. The first-order chi connectivity index (χ1) is 9.08. The highest BCUT2D eigenvalue weighted by molar-refractivity contribution is 5.78. The molecule has 0 bridgehead atoms. The van der Waals surface area contributed by atoms with Crippen molar-refractivity contribution in [3.63, 3.8) is 0 Å². The van der Waals surface area contributed by atoms with Crippen LogP contribution in [0.25, 0.3) is 0 Å². The molecule has 0 aliphatic carbocycles. The zero-order chi connectivity index (χ0) is 13.8. The van der Waals surface area contributed by atoms with Crippen molar-refractivity contribution in [2.45, 2.75) is 25.9 Å². The molecule has 1 heterocycles. The maximum absolute atomic E-state index is 13.1. The number of ether oxygens (including phenoxy) is 1. The van der Waals surface area contributed by atoms with Crippen LogP contribution in [0.1, 0.15) is 31.4 Å². The number of amides is 1. The Morgan fingerprint density at radius 3 is 2.79 bits per heavy atom. The summed E-state index contributed by atoms with van der Waals surface area (Å²) in [6.07, 6.45) is 1.22. The summed E-state index contributed by atoms with van der Waals surface area (Å²) in [6.45, 7) is 3.00. The van der Waals surface area contributed by atoms with Gasteiger partial charge in [-0.25, -0.2) is 4.39 Å². The third kappa shape index (κ3) is 3.44. The van der Waals surface area contributed by atoms with Crippen molar-refractivity contribution < 1.29 is 19.0 Å². The van der Waals surface area contributed by atoms with Crippen LogP contribution in [0.4, 0.5) is 4.39 Å². The first-order valence-electron chi connectivity index (χ1n) is 6.46. The Balaban J connectivity index is 2.00. The highest BCUT2D eigenvalue weighted by Crippen LogP contribution is 2.26. The molecule has 2 rings (SSSR count). The molecule has 1 unspecified atom stereocenters. The summed E-state index contributed by atoms with van der Waals surface area (Å²) in [4.78, 5) is 13.6. The van der Waals surface area contributed by atoms with E-state index < -0.39 is 11.9 Å². The van der Waals surface area contributed by atoms with Gasteiger partial charge in [0.25, 0.3) is 5.91 Å². The van der Waals surface area contributed by atoms with E-state index in [0.717, 1.165) is 25.9 Å². The lowest BCUT2D eigenvalue weighted by Gasteiger charge is -2.17. The van der Waals surface area contributed by atoms with Crippen molar-refractivity contribution in [1.82, 2.24) is 4.90 Å². The average molecular weight is 267 g/mol. The van der Waals surface area contributed by atoms with Gasteiger partial charge in [0.05, 0.1) is 6.10 Å².